The summed E-state index contributed by atoms with van der Waals surface area (Å²) in [5, 5.41) is 6.89. The molecule has 0 saturated heterocycles. The van der Waals surface area contributed by atoms with Crippen LogP contribution in [0, 0.1) is 13.8 Å². The highest BCUT2D eigenvalue weighted by atomic mass is 16.5. The molecule has 0 unspecified atom stereocenters. The molecule has 0 fully saturated rings. The molecule has 2 heterocycles. The van der Waals surface area contributed by atoms with Gasteiger partial charge >= 0.3 is 5.69 Å². The number of aromatic nitrogens is 4. The van der Waals surface area contributed by atoms with Gasteiger partial charge in [0.15, 0.2) is 0 Å². The van der Waals surface area contributed by atoms with Crippen LogP contribution in [-0.4, -0.2) is 31.7 Å². The van der Waals surface area contributed by atoms with Gasteiger partial charge in [-0.3, -0.25) is 4.79 Å². The fourth-order valence-corrected chi connectivity index (χ4v) is 2.61. The van der Waals surface area contributed by atoms with Crippen LogP contribution in [0.25, 0.3) is 5.78 Å². The molecule has 1 N–H and O–H groups in total. The minimum atomic E-state index is -0.395. The summed E-state index contributed by atoms with van der Waals surface area (Å²) in [5.41, 5.74) is 1.64. The monoisotopic (exact) mass is 341 g/mol. The van der Waals surface area contributed by atoms with E-state index in [-0.39, 0.29) is 18.2 Å². The van der Waals surface area contributed by atoms with Crippen LogP contribution < -0.4 is 15.7 Å². The van der Waals surface area contributed by atoms with Gasteiger partial charge in [0.25, 0.3) is 5.78 Å². The summed E-state index contributed by atoms with van der Waals surface area (Å²) in [4.78, 5) is 29.0. The average Bonchev–Trinajstić information content (AvgIpc) is 2.85. The number of nitrogens with zero attached hydrogens (tertiary/aromatic N) is 4. The number of aryl methyl sites for hydroxylation is 2. The summed E-state index contributed by atoms with van der Waals surface area (Å²) in [7, 11) is 0. The minimum absolute atomic E-state index is 0.207. The molecule has 8 heteroatoms. The number of hydrogen-bond acceptors (Lipinski definition) is 5. The predicted molar refractivity (Wildman–Crippen MR) is 93.0 cm³/mol. The first-order valence-corrected chi connectivity index (χ1v) is 7.95. The second-order valence-electron chi connectivity index (χ2n) is 5.59. The molecule has 0 saturated carbocycles. The van der Waals surface area contributed by atoms with Crippen LogP contribution in [0.2, 0.25) is 0 Å². The lowest BCUT2D eigenvalue weighted by Crippen LogP contribution is -2.28. The van der Waals surface area contributed by atoms with Crippen molar-refractivity contribution in [3.05, 3.63) is 52.2 Å². The molecule has 3 aromatic rings. The normalized spacial score (nSPS) is 10.8. The molecule has 8 nitrogen and oxygen atoms in total. The zero-order valence-corrected chi connectivity index (χ0v) is 14.3. The number of nitrogens with one attached hydrogen (secondary N) is 1. The third-order valence-electron chi connectivity index (χ3n) is 3.62. The van der Waals surface area contributed by atoms with E-state index in [1.807, 2.05) is 19.9 Å². The lowest BCUT2D eigenvalue weighted by Gasteiger charge is -2.10. The topological polar surface area (TPSA) is 90.5 Å². The predicted octanol–water partition coefficient (Wildman–Crippen LogP) is 1.55. The molecule has 0 spiro atoms. The molecule has 2 aromatic heterocycles. The van der Waals surface area contributed by atoms with Crippen LogP contribution in [0.4, 0.5) is 5.69 Å². The van der Waals surface area contributed by atoms with E-state index in [9.17, 15) is 9.59 Å². The van der Waals surface area contributed by atoms with Crippen molar-refractivity contribution < 1.29 is 9.53 Å². The number of amides is 1. The molecule has 25 heavy (non-hydrogen) atoms. The van der Waals surface area contributed by atoms with E-state index >= 15 is 0 Å². The van der Waals surface area contributed by atoms with Crippen molar-refractivity contribution in [1.82, 2.24) is 19.2 Å². The van der Waals surface area contributed by atoms with Gasteiger partial charge in [0.1, 0.15) is 12.3 Å². The van der Waals surface area contributed by atoms with Gasteiger partial charge in [-0.15, -0.1) is 5.10 Å². The minimum Gasteiger partial charge on any atom is -0.492 e. The molecule has 0 radical (unpaired) electrons. The summed E-state index contributed by atoms with van der Waals surface area (Å²) < 4.78 is 7.96. The number of anilines is 1. The molecule has 1 aromatic carbocycles. The molecule has 130 valence electrons. The highest BCUT2D eigenvalue weighted by molar-refractivity contribution is 5.92. The Morgan fingerprint density at radius 3 is 2.80 bits per heavy atom. The van der Waals surface area contributed by atoms with E-state index < -0.39 is 5.69 Å². The number of carbonyl (C=O) groups is 1. The molecule has 0 aliphatic carbocycles. The lowest BCUT2D eigenvalue weighted by atomic mass is 10.3. The van der Waals surface area contributed by atoms with Crippen LogP contribution in [-0.2, 0) is 11.3 Å². The molecule has 0 aliphatic heterocycles. The Labute approximate surface area is 144 Å². The number of rotatable bonds is 5. The molecule has 3 rings (SSSR count). The Kier molecular flexibility index (Phi) is 4.51. The van der Waals surface area contributed by atoms with Gasteiger partial charge < -0.3 is 10.1 Å². The lowest BCUT2D eigenvalue weighted by molar-refractivity contribution is -0.117. The van der Waals surface area contributed by atoms with Gasteiger partial charge in [-0.1, -0.05) is 12.1 Å². The van der Waals surface area contributed by atoms with Crippen LogP contribution in [0.3, 0.4) is 0 Å². The first kappa shape index (κ1) is 16.7. The largest absolute Gasteiger partial charge is 0.492 e. The molecule has 0 bridgehead atoms. The third kappa shape index (κ3) is 3.37. The molecule has 0 atom stereocenters. The summed E-state index contributed by atoms with van der Waals surface area (Å²) in [5.74, 6) is 0.492. The number of para-hydroxylation sites is 2. The fraction of sp³-hybridized carbons (Fsp3) is 0.294. The summed E-state index contributed by atoms with van der Waals surface area (Å²) in [6, 6.07) is 8.92. The van der Waals surface area contributed by atoms with Gasteiger partial charge in [-0.25, -0.2) is 18.9 Å². The summed E-state index contributed by atoms with van der Waals surface area (Å²) >= 11 is 0. The maximum Gasteiger partial charge on any atom is 0.352 e. The van der Waals surface area contributed by atoms with Crippen LogP contribution in [0.15, 0.2) is 35.1 Å². The highest BCUT2D eigenvalue weighted by Gasteiger charge is 2.14. The first-order chi connectivity index (χ1) is 12.0. The van der Waals surface area contributed by atoms with Crippen molar-refractivity contribution in [2.45, 2.75) is 27.3 Å². The zero-order chi connectivity index (χ0) is 18.0. The Hall–Kier alpha value is -3.16. The van der Waals surface area contributed by atoms with Crippen molar-refractivity contribution in [1.29, 1.82) is 0 Å². The smallest absolute Gasteiger partial charge is 0.352 e. The van der Waals surface area contributed by atoms with E-state index in [1.54, 1.807) is 31.2 Å². The zero-order valence-electron chi connectivity index (χ0n) is 14.3. The van der Waals surface area contributed by atoms with Crippen molar-refractivity contribution in [3.8, 4) is 5.75 Å². The maximum atomic E-state index is 12.4. The number of fused-ring (bicyclic) bond motifs is 1. The van der Waals surface area contributed by atoms with Crippen molar-refractivity contribution in [2.24, 2.45) is 0 Å². The third-order valence-corrected chi connectivity index (χ3v) is 3.62. The number of benzene rings is 1. The second kappa shape index (κ2) is 6.76. The second-order valence-corrected chi connectivity index (χ2v) is 5.59. The van der Waals surface area contributed by atoms with Crippen LogP contribution in [0.5, 0.6) is 5.75 Å². The van der Waals surface area contributed by atoms with Gasteiger partial charge in [0.2, 0.25) is 5.91 Å². The van der Waals surface area contributed by atoms with Gasteiger partial charge in [0.05, 0.1) is 12.3 Å². The first-order valence-electron chi connectivity index (χ1n) is 7.95. The molecular formula is C17H19N5O3. The number of ether oxygens (including phenoxy) is 1. The Balaban J connectivity index is 1.85. The standard InChI is InChI=1S/C17H19N5O3/c1-4-25-14-8-6-5-7-13(14)19-15(23)10-21-17(24)22-12(3)9-11(2)18-16(22)20-21/h5-9H,4,10H2,1-3H3,(H,19,23). The van der Waals surface area contributed by atoms with Gasteiger partial charge in [-0.05, 0) is 39.0 Å². The highest BCUT2D eigenvalue weighted by Crippen LogP contribution is 2.23. The Morgan fingerprint density at radius 1 is 1.28 bits per heavy atom. The summed E-state index contributed by atoms with van der Waals surface area (Å²) in [6.07, 6.45) is 0. The van der Waals surface area contributed by atoms with Crippen LogP contribution >= 0.6 is 0 Å². The Morgan fingerprint density at radius 2 is 2.04 bits per heavy atom. The maximum absolute atomic E-state index is 12.4. The van der Waals surface area contributed by atoms with E-state index in [4.69, 9.17) is 4.74 Å². The van der Waals surface area contributed by atoms with E-state index in [0.717, 1.165) is 16.1 Å². The van der Waals surface area contributed by atoms with Crippen LogP contribution in [0.1, 0.15) is 18.3 Å². The van der Waals surface area contributed by atoms with E-state index in [1.165, 1.54) is 4.40 Å². The molecule has 0 aliphatic rings. The molecule has 1 amide bonds. The quantitative estimate of drug-likeness (QED) is 0.760. The Bertz CT molecular complexity index is 990. The fourth-order valence-electron chi connectivity index (χ4n) is 2.61. The van der Waals surface area contributed by atoms with E-state index in [0.29, 0.717) is 18.0 Å². The van der Waals surface area contributed by atoms with Crippen molar-refractivity contribution in [3.63, 3.8) is 0 Å². The average molecular weight is 341 g/mol. The summed E-state index contributed by atoms with van der Waals surface area (Å²) in [6.45, 7) is 5.78. The van der Waals surface area contributed by atoms with Crippen molar-refractivity contribution in [2.75, 3.05) is 11.9 Å². The van der Waals surface area contributed by atoms with Gasteiger partial charge in [0, 0.05) is 11.4 Å². The number of hydrogen-bond donors (Lipinski definition) is 1. The molecular weight excluding hydrogens is 322 g/mol. The SMILES string of the molecule is CCOc1ccccc1NC(=O)Cn1nc2nc(C)cc(C)n2c1=O. The van der Waals surface area contributed by atoms with E-state index in [2.05, 4.69) is 15.4 Å². The van der Waals surface area contributed by atoms with Crippen molar-refractivity contribution >= 4 is 17.4 Å². The van der Waals surface area contributed by atoms with Gasteiger partial charge in [-0.2, -0.15) is 0 Å². The number of carbonyl (C=O) groups excluding carboxylic acids is 1.